The van der Waals surface area contributed by atoms with Crippen molar-refractivity contribution in [3.63, 3.8) is 0 Å². The molecule has 0 aliphatic heterocycles. The van der Waals surface area contributed by atoms with Crippen LogP contribution in [0.3, 0.4) is 0 Å². The molecule has 5 nitrogen and oxygen atoms in total. The summed E-state index contributed by atoms with van der Waals surface area (Å²) in [4.78, 5) is 17.7. The molecule has 0 aliphatic carbocycles. The molecule has 0 unspecified atom stereocenters. The molecule has 1 N–H and O–H groups in total. The quantitative estimate of drug-likeness (QED) is 0.486. The van der Waals surface area contributed by atoms with E-state index in [4.69, 9.17) is 0 Å². The highest BCUT2D eigenvalue weighted by Crippen LogP contribution is 2.23. The average molecular weight is 380 g/mol. The highest BCUT2D eigenvalue weighted by molar-refractivity contribution is 6.06. The van der Waals surface area contributed by atoms with Crippen LogP contribution in [0.1, 0.15) is 16.1 Å². The molecule has 3 heterocycles. The van der Waals surface area contributed by atoms with Crippen molar-refractivity contribution in [3.8, 4) is 0 Å². The van der Waals surface area contributed by atoms with E-state index in [1.165, 1.54) is 0 Å². The van der Waals surface area contributed by atoms with Crippen molar-refractivity contribution in [1.82, 2.24) is 14.1 Å². The van der Waals surface area contributed by atoms with Crippen molar-refractivity contribution in [2.75, 3.05) is 5.32 Å². The lowest BCUT2D eigenvalue weighted by molar-refractivity contribution is 0.101. The van der Waals surface area contributed by atoms with Gasteiger partial charge in [-0.25, -0.2) is 4.98 Å². The van der Waals surface area contributed by atoms with Crippen LogP contribution in [0.15, 0.2) is 85.2 Å². The van der Waals surface area contributed by atoms with Gasteiger partial charge in [-0.15, -0.1) is 0 Å². The van der Waals surface area contributed by atoms with Crippen LogP contribution in [0.2, 0.25) is 0 Å². The van der Waals surface area contributed by atoms with E-state index in [1.807, 2.05) is 78.5 Å². The Morgan fingerprint density at radius 2 is 1.83 bits per heavy atom. The van der Waals surface area contributed by atoms with Gasteiger partial charge in [-0.2, -0.15) is 0 Å². The van der Waals surface area contributed by atoms with E-state index < -0.39 is 0 Å². The molecule has 0 atom stereocenters. The van der Waals surface area contributed by atoms with Gasteiger partial charge in [-0.3, -0.25) is 4.79 Å². The number of carbonyl (C=O) groups excluding carboxylic acids is 1. The van der Waals surface area contributed by atoms with Gasteiger partial charge in [-0.05, 0) is 48.0 Å². The van der Waals surface area contributed by atoms with Crippen LogP contribution in [-0.4, -0.2) is 20.0 Å². The van der Waals surface area contributed by atoms with Gasteiger partial charge >= 0.3 is 0 Å². The Morgan fingerprint density at radius 1 is 0.966 bits per heavy atom. The number of aromatic nitrogens is 3. The first-order chi connectivity index (χ1) is 14.2. The lowest BCUT2D eigenvalue weighted by atomic mass is 10.2. The molecule has 0 spiro atoms. The van der Waals surface area contributed by atoms with E-state index in [2.05, 4.69) is 27.0 Å². The number of nitrogens with one attached hydrogen (secondary N) is 1. The van der Waals surface area contributed by atoms with Crippen LogP contribution in [0.25, 0.3) is 21.9 Å². The number of rotatable bonds is 4. The number of amides is 1. The zero-order valence-corrected chi connectivity index (χ0v) is 16.0. The number of benzene rings is 2. The van der Waals surface area contributed by atoms with Crippen LogP contribution < -0.4 is 5.32 Å². The second-order valence-corrected chi connectivity index (χ2v) is 7.17. The third kappa shape index (κ3) is 3.17. The van der Waals surface area contributed by atoms with Crippen molar-refractivity contribution in [2.24, 2.45) is 7.05 Å². The van der Waals surface area contributed by atoms with Crippen molar-refractivity contribution in [2.45, 2.75) is 6.54 Å². The van der Waals surface area contributed by atoms with E-state index in [9.17, 15) is 4.79 Å². The summed E-state index contributed by atoms with van der Waals surface area (Å²) in [5.74, 6) is -0.144. The Kier molecular flexibility index (Phi) is 4.13. The molecule has 0 radical (unpaired) electrons. The Balaban J connectivity index is 1.52. The van der Waals surface area contributed by atoms with Gasteiger partial charge in [0, 0.05) is 48.0 Å². The second kappa shape index (κ2) is 6.95. The summed E-state index contributed by atoms with van der Waals surface area (Å²) >= 11 is 0. The molecule has 5 aromatic rings. The Bertz CT molecular complexity index is 1330. The van der Waals surface area contributed by atoms with Gasteiger partial charge < -0.3 is 14.5 Å². The molecule has 142 valence electrons. The number of nitrogens with zero attached hydrogens (tertiary/aromatic N) is 3. The highest BCUT2D eigenvalue weighted by atomic mass is 16.1. The molecule has 0 bridgehead atoms. The maximum atomic E-state index is 13.2. The zero-order chi connectivity index (χ0) is 19.8. The fraction of sp³-hybridized carbons (Fsp3) is 0.0833. The monoisotopic (exact) mass is 380 g/mol. The molecule has 0 aliphatic rings. The third-order valence-corrected chi connectivity index (χ3v) is 5.21. The van der Waals surface area contributed by atoms with Crippen molar-refractivity contribution in [1.29, 1.82) is 0 Å². The molecule has 3 aromatic heterocycles. The Hall–Kier alpha value is -3.86. The Labute approximate surface area is 168 Å². The van der Waals surface area contributed by atoms with Crippen molar-refractivity contribution >= 4 is 33.5 Å². The zero-order valence-electron chi connectivity index (χ0n) is 16.0. The summed E-state index contributed by atoms with van der Waals surface area (Å²) in [6.07, 6.45) is 3.77. The first-order valence-corrected chi connectivity index (χ1v) is 9.54. The van der Waals surface area contributed by atoms with E-state index in [-0.39, 0.29) is 5.91 Å². The van der Waals surface area contributed by atoms with E-state index >= 15 is 0 Å². The predicted octanol–water partition coefficient (Wildman–Crippen LogP) is 4.83. The highest BCUT2D eigenvalue weighted by Gasteiger charge is 2.17. The van der Waals surface area contributed by atoms with Gasteiger partial charge in [0.15, 0.2) is 0 Å². The molecule has 5 rings (SSSR count). The van der Waals surface area contributed by atoms with Gasteiger partial charge in [0.1, 0.15) is 11.3 Å². The summed E-state index contributed by atoms with van der Waals surface area (Å²) in [5.41, 5.74) is 4.43. The SMILES string of the molecule is Cn1ccc2cc(NC(=O)c3cc4cccnc4n3Cc3ccccc3)ccc21. The lowest BCUT2D eigenvalue weighted by Gasteiger charge is -2.11. The summed E-state index contributed by atoms with van der Waals surface area (Å²) < 4.78 is 4.03. The van der Waals surface area contributed by atoms with E-state index in [0.717, 1.165) is 33.2 Å². The molecular formula is C24H20N4O. The number of aryl methyl sites for hydroxylation is 1. The molecular weight excluding hydrogens is 360 g/mol. The predicted molar refractivity (Wildman–Crippen MR) is 116 cm³/mol. The maximum Gasteiger partial charge on any atom is 0.272 e. The molecule has 29 heavy (non-hydrogen) atoms. The average Bonchev–Trinajstić information content (AvgIpc) is 3.30. The van der Waals surface area contributed by atoms with Crippen molar-refractivity contribution in [3.05, 3.63) is 96.4 Å². The number of hydrogen-bond acceptors (Lipinski definition) is 2. The minimum Gasteiger partial charge on any atom is -0.351 e. The Morgan fingerprint density at radius 3 is 2.69 bits per heavy atom. The molecule has 0 fully saturated rings. The van der Waals surface area contributed by atoms with Gasteiger partial charge in [0.2, 0.25) is 0 Å². The second-order valence-electron chi connectivity index (χ2n) is 7.17. The van der Waals surface area contributed by atoms with Crippen molar-refractivity contribution < 1.29 is 4.79 Å². The summed E-state index contributed by atoms with van der Waals surface area (Å²) in [6.45, 7) is 0.585. The number of pyridine rings is 1. The van der Waals surface area contributed by atoms with Gasteiger partial charge in [0.05, 0.1) is 0 Å². The molecule has 2 aromatic carbocycles. The van der Waals surface area contributed by atoms with E-state index in [0.29, 0.717) is 12.2 Å². The molecule has 5 heteroatoms. The number of carbonyl (C=O) groups is 1. The smallest absolute Gasteiger partial charge is 0.272 e. The lowest BCUT2D eigenvalue weighted by Crippen LogP contribution is -2.17. The largest absolute Gasteiger partial charge is 0.351 e. The number of anilines is 1. The number of hydrogen-bond donors (Lipinski definition) is 1. The summed E-state index contributed by atoms with van der Waals surface area (Å²) in [5, 5.41) is 5.10. The van der Waals surface area contributed by atoms with Gasteiger partial charge in [-0.1, -0.05) is 30.3 Å². The molecule has 1 amide bonds. The fourth-order valence-corrected chi connectivity index (χ4v) is 3.76. The van der Waals surface area contributed by atoms with Crippen LogP contribution in [0.4, 0.5) is 5.69 Å². The molecule has 0 saturated carbocycles. The summed E-state index contributed by atoms with van der Waals surface area (Å²) in [7, 11) is 2.01. The minimum absolute atomic E-state index is 0.144. The normalized spacial score (nSPS) is 11.2. The van der Waals surface area contributed by atoms with Crippen LogP contribution in [0.5, 0.6) is 0 Å². The van der Waals surface area contributed by atoms with Gasteiger partial charge in [0.25, 0.3) is 5.91 Å². The van der Waals surface area contributed by atoms with Crippen LogP contribution >= 0.6 is 0 Å². The maximum absolute atomic E-state index is 13.2. The topological polar surface area (TPSA) is 51.9 Å². The standard InChI is InChI=1S/C24H20N4O/c1-27-13-11-18-14-20(9-10-21(18)27)26-24(29)22-15-19-8-5-12-25-23(19)28(22)16-17-6-3-2-4-7-17/h2-15H,16H2,1H3,(H,26,29). The first kappa shape index (κ1) is 17.3. The number of fused-ring (bicyclic) bond motifs is 2. The fourth-order valence-electron chi connectivity index (χ4n) is 3.76. The summed E-state index contributed by atoms with van der Waals surface area (Å²) in [6, 6.07) is 23.9. The van der Waals surface area contributed by atoms with Crippen LogP contribution in [-0.2, 0) is 13.6 Å². The minimum atomic E-state index is -0.144. The third-order valence-electron chi connectivity index (χ3n) is 5.21. The first-order valence-electron chi connectivity index (χ1n) is 9.54. The molecule has 0 saturated heterocycles. The van der Waals surface area contributed by atoms with Crippen LogP contribution in [0, 0.1) is 0 Å². The van der Waals surface area contributed by atoms with E-state index in [1.54, 1.807) is 6.20 Å².